The first-order valence-electron chi connectivity index (χ1n) is 2.71. The van der Waals surface area contributed by atoms with E-state index in [1.54, 1.807) is 0 Å². The van der Waals surface area contributed by atoms with Gasteiger partial charge in [0.2, 0.25) is 0 Å². The molecule has 0 fully saturated rings. The van der Waals surface area contributed by atoms with Gasteiger partial charge in [-0.25, -0.2) is 0 Å². The molecule has 0 amide bonds. The van der Waals surface area contributed by atoms with Gasteiger partial charge in [-0.1, -0.05) is 0 Å². The molecule has 0 rings (SSSR count). The monoisotopic (exact) mass is 221 g/mol. The Balaban J connectivity index is 0. The van der Waals surface area contributed by atoms with E-state index in [0.717, 1.165) is 0 Å². The van der Waals surface area contributed by atoms with Gasteiger partial charge >= 0.3 is 55.9 Å². The number of halogens is 1. The van der Waals surface area contributed by atoms with Crippen LogP contribution in [0, 0.1) is 0 Å². The number of rotatable bonds is 3. The van der Waals surface area contributed by atoms with Crippen molar-refractivity contribution >= 4 is 12.4 Å². The molecule has 0 unspecified atom stereocenters. The van der Waals surface area contributed by atoms with E-state index in [4.69, 9.17) is 0 Å². The second-order valence-electron chi connectivity index (χ2n) is 1.56. The van der Waals surface area contributed by atoms with Gasteiger partial charge in [0.25, 0.3) is 0 Å². The van der Waals surface area contributed by atoms with Crippen molar-refractivity contribution < 1.29 is 25.8 Å². The topological polar surface area (TPSA) is 0 Å². The average molecular weight is 220 g/mol. The van der Waals surface area contributed by atoms with E-state index in [9.17, 15) is 0 Å². The third-order valence-corrected chi connectivity index (χ3v) is 2.28. The number of unbranched alkanes of at least 4 members (excludes halogenated alkanes) is 2. The molecule has 2 heteroatoms. The minimum absolute atomic E-state index is 0. The van der Waals surface area contributed by atoms with E-state index in [1.807, 2.05) is 0 Å². The minimum atomic E-state index is 0. The molecular weight excluding hydrogens is 208 g/mol. The van der Waals surface area contributed by atoms with Gasteiger partial charge in [0.1, 0.15) is 0 Å². The molecule has 0 nitrogen and oxygen atoms in total. The van der Waals surface area contributed by atoms with Crippen LogP contribution in [-0.4, -0.2) is 0 Å². The van der Waals surface area contributed by atoms with Gasteiger partial charge in [0.15, 0.2) is 0 Å². The van der Waals surface area contributed by atoms with Crippen LogP contribution in [0.1, 0.15) is 26.2 Å². The van der Waals surface area contributed by atoms with Gasteiger partial charge in [-0.3, -0.25) is 0 Å². The normalized spacial score (nSPS) is 7.86. The van der Waals surface area contributed by atoms with E-state index < -0.39 is 0 Å². The molecule has 0 saturated carbocycles. The predicted octanol–water partition coefficient (Wildman–Crippen LogP) is 2.56. The van der Waals surface area contributed by atoms with Crippen LogP contribution in [0.2, 0.25) is 3.98 Å². The van der Waals surface area contributed by atoms with Gasteiger partial charge in [-0.2, -0.15) is 0 Å². The Bertz CT molecular complexity index is 20.0. The predicted molar refractivity (Wildman–Crippen MR) is 31.6 cm³/mol. The van der Waals surface area contributed by atoms with Crippen LogP contribution >= 0.6 is 12.4 Å². The van der Waals surface area contributed by atoms with Crippen molar-refractivity contribution in [2.45, 2.75) is 30.2 Å². The first-order valence-corrected chi connectivity index (χ1v) is 5.56. The maximum absolute atomic E-state index is 2.25. The molecule has 0 atom stereocenters. The van der Waals surface area contributed by atoms with E-state index >= 15 is 0 Å². The molecule has 0 N–H and O–H groups in total. The summed E-state index contributed by atoms with van der Waals surface area (Å²) in [4.78, 5) is 0. The molecule has 0 radical (unpaired) electrons. The molecule has 0 aliphatic heterocycles. The molecule has 41 valence electrons. The van der Waals surface area contributed by atoms with Gasteiger partial charge in [0.05, 0.1) is 0 Å². The van der Waals surface area contributed by atoms with E-state index in [0.29, 0.717) is 0 Å². The van der Waals surface area contributed by atoms with Crippen LogP contribution < -0.4 is 0 Å². The smallest absolute Gasteiger partial charge is 0.147 e. The van der Waals surface area contributed by atoms with Gasteiger partial charge < -0.3 is 0 Å². The molecule has 0 aromatic heterocycles. The Kier molecular flexibility index (Phi) is 16.2. The molecule has 0 heterocycles. The summed E-state index contributed by atoms with van der Waals surface area (Å²) in [6, 6.07) is 0. The quantitative estimate of drug-likeness (QED) is 0.506. The Morgan fingerprint density at radius 1 is 1.29 bits per heavy atom. The van der Waals surface area contributed by atoms with Crippen molar-refractivity contribution in [3.63, 3.8) is 0 Å². The molecule has 0 aliphatic carbocycles. The Labute approximate surface area is 68.2 Å². The number of hydrogen-bond acceptors (Lipinski definition) is 0. The third kappa shape index (κ3) is 11.0. The Hall–Kier alpha value is 1.21. The molecule has 0 saturated heterocycles. The fourth-order valence-electron chi connectivity index (χ4n) is 0.427. The van der Waals surface area contributed by atoms with Crippen LogP contribution in [0.5, 0.6) is 0 Å². The zero-order valence-corrected chi connectivity index (χ0v) is 9.80. The summed E-state index contributed by atoms with van der Waals surface area (Å²) in [5.74, 6) is 0. The summed E-state index contributed by atoms with van der Waals surface area (Å²) in [5, 5.41) is 0. The van der Waals surface area contributed by atoms with E-state index in [2.05, 4.69) is 6.92 Å². The van der Waals surface area contributed by atoms with Gasteiger partial charge in [0, 0.05) is 0 Å². The summed E-state index contributed by atoms with van der Waals surface area (Å²) >= 11 is 1.22. The van der Waals surface area contributed by atoms with Crippen molar-refractivity contribution in [3.8, 4) is 0 Å². The second-order valence-corrected chi connectivity index (χ2v) is 3.58. The summed E-state index contributed by atoms with van der Waals surface area (Å²) in [6.07, 6.45) is 4.33. The molecule has 0 aliphatic rings. The van der Waals surface area contributed by atoms with Crippen molar-refractivity contribution in [1.82, 2.24) is 0 Å². The van der Waals surface area contributed by atoms with Crippen LogP contribution in [0.3, 0.4) is 0 Å². The molecule has 0 bridgehead atoms. The summed E-state index contributed by atoms with van der Waals surface area (Å²) in [6.45, 7) is 2.25. The first-order chi connectivity index (χ1) is 2.91. The van der Waals surface area contributed by atoms with Crippen molar-refractivity contribution in [2.75, 3.05) is 0 Å². The second kappa shape index (κ2) is 10.2. The van der Waals surface area contributed by atoms with Crippen molar-refractivity contribution in [3.05, 3.63) is 0 Å². The maximum Gasteiger partial charge on any atom is -0.147 e. The van der Waals surface area contributed by atoms with Crippen molar-refractivity contribution in [2.24, 2.45) is 0 Å². The molecular formula is C5H12CdCl. The molecule has 0 aromatic carbocycles. The maximum atomic E-state index is 2.25. The molecule has 7 heavy (non-hydrogen) atoms. The van der Waals surface area contributed by atoms with Gasteiger partial charge in [-0.05, 0) is 0 Å². The van der Waals surface area contributed by atoms with Crippen LogP contribution in [0.25, 0.3) is 0 Å². The van der Waals surface area contributed by atoms with Crippen molar-refractivity contribution in [1.29, 1.82) is 0 Å². The van der Waals surface area contributed by atoms with Crippen LogP contribution in [0.4, 0.5) is 0 Å². The average Bonchev–Trinajstić information content (AvgIpc) is 1.61. The van der Waals surface area contributed by atoms with E-state index in [-0.39, 0.29) is 12.4 Å². The minimum Gasteiger partial charge on any atom is -0.147 e. The SMILES string of the molecule is CCCC[CH2][Cd].Cl. The summed E-state index contributed by atoms with van der Waals surface area (Å²) in [7, 11) is 0. The summed E-state index contributed by atoms with van der Waals surface area (Å²) in [5.41, 5.74) is 0. The zero-order valence-electron chi connectivity index (χ0n) is 4.94. The van der Waals surface area contributed by atoms with Crippen LogP contribution in [-0.2, 0) is 25.8 Å². The largest absolute Gasteiger partial charge is 0.147 e. The third-order valence-electron chi connectivity index (χ3n) is 0.854. The standard InChI is InChI=1S/C5H11.Cd.ClH/c1-3-5-4-2;;/h1,3-5H2,2H3;;1H. The van der Waals surface area contributed by atoms with Crippen LogP contribution in [0.15, 0.2) is 0 Å². The summed E-state index contributed by atoms with van der Waals surface area (Å²) < 4.78 is 1.52. The first kappa shape index (κ1) is 11.1. The Morgan fingerprint density at radius 2 is 1.86 bits per heavy atom. The number of hydrogen-bond donors (Lipinski definition) is 0. The Morgan fingerprint density at radius 3 is 2.00 bits per heavy atom. The van der Waals surface area contributed by atoms with Gasteiger partial charge in [-0.15, -0.1) is 12.4 Å². The molecule has 0 spiro atoms. The molecule has 0 aromatic rings. The zero-order chi connectivity index (χ0) is 4.83. The van der Waals surface area contributed by atoms with E-state index in [1.165, 1.54) is 49.0 Å². The fraction of sp³-hybridized carbons (Fsp3) is 1.00. The fourth-order valence-corrected chi connectivity index (χ4v) is 1.44.